The van der Waals surface area contributed by atoms with Gasteiger partial charge in [-0.05, 0) is 125 Å². The van der Waals surface area contributed by atoms with Crippen molar-refractivity contribution in [3.63, 3.8) is 0 Å². The molecule has 5 nitrogen and oxygen atoms in total. The van der Waals surface area contributed by atoms with Crippen molar-refractivity contribution in [2.75, 3.05) is 0 Å². The summed E-state index contributed by atoms with van der Waals surface area (Å²) >= 11 is 0. The minimum atomic E-state index is -4.71. The predicted molar refractivity (Wildman–Crippen MR) is 309 cm³/mol. The Hall–Kier alpha value is -7.33. The van der Waals surface area contributed by atoms with Gasteiger partial charge in [-0.25, -0.2) is 4.98 Å². The first kappa shape index (κ1) is 27.1. The van der Waals surface area contributed by atoms with E-state index >= 15 is 0 Å². The number of benzene rings is 8. The van der Waals surface area contributed by atoms with Crippen LogP contribution in [0.2, 0.25) is 0 Å². The fourth-order valence-corrected chi connectivity index (χ4v) is 9.42. The predicted octanol–water partition coefficient (Wildman–Crippen LogP) is 17.5. The van der Waals surface area contributed by atoms with Crippen LogP contribution in [0.1, 0.15) is 144 Å². The van der Waals surface area contributed by atoms with E-state index in [1.807, 2.05) is 47.0 Å². The largest absolute Gasteiger partial charge is 0.510 e. The summed E-state index contributed by atoms with van der Waals surface area (Å²) < 4.78 is 278. The van der Waals surface area contributed by atoms with Gasteiger partial charge in [0.05, 0.1) is 34.5 Å². The van der Waals surface area contributed by atoms with Crippen molar-refractivity contribution in [1.29, 1.82) is 0 Å². The van der Waals surface area contributed by atoms with E-state index in [-0.39, 0.29) is 71.4 Å². The van der Waals surface area contributed by atoms with Crippen molar-refractivity contribution < 1.29 is 70.1 Å². The van der Waals surface area contributed by atoms with Crippen molar-refractivity contribution in [2.24, 2.45) is 0 Å². The van der Waals surface area contributed by atoms with Gasteiger partial charge in [-0.1, -0.05) is 195 Å². The zero-order chi connectivity index (χ0) is 76.9. The quantitative estimate of drug-likeness (QED) is 0.112. The number of aromatic nitrogens is 4. The summed E-state index contributed by atoms with van der Waals surface area (Å²) in [5.74, 6) is 0.816. The SMILES string of the molecule is [2H]c1c([2H])c([2H])c(-c2ccc3c(c2)n(-c2[c-]c(Oc4[c-]c5c(cc4)c4ccccc4n5-c4cc(C(C)(C)C)ccn4)ccc2)[c-][n+]3-c2c(-c3c([2H])c([2H])c([2H])c([2H])c3[2H])cc(C(C)(C)C)cc2-c2c([2H])c([2H])c3c(c2[2H])C(C([2H])([2H])[2H])(C([2H])([2H])[2H])C([2H])([2H])C([2H])([2H])C3(C([2H])([2H])[2H])C([2H])([2H])[2H])c([2H])c1[2H].[Pt]. The molecule has 0 spiro atoms. The van der Waals surface area contributed by atoms with Crippen LogP contribution in [-0.2, 0) is 42.7 Å². The molecule has 0 amide bonds. The molecule has 0 saturated carbocycles. The molecule has 3 heterocycles. The van der Waals surface area contributed by atoms with Crippen molar-refractivity contribution >= 4 is 32.8 Å². The number of hydrogen-bond acceptors (Lipinski definition) is 2. The second kappa shape index (κ2) is 19.0. The molecule has 3 aromatic heterocycles. The maximum atomic E-state index is 10.5. The molecule has 6 heteroatoms. The molecule has 8 aromatic carbocycles. The van der Waals surface area contributed by atoms with E-state index in [0.29, 0.717) is 11.3 Å². The summed E-state index contributed by atoms with van der Waals surface area (Å²) in [4.78, 5) is 4.78. The third-order valence-electron chi connectivity index (χ3n) is 13.3. The summed E-state index contributed by atoms with van der Waals surface area (Å²) in [6.07, 6.45) is -4.44. The second-order valence-corrected chi connectivity index (χ2v) is 20.5. The number of para-hydroxylation sites is 1. The van der Waals surface area contributed by atoms with E-state index in [0.717, 1.165) is 21.9 Å². The second-order valence-electron chi connectivity index (χ2n) is 20.5. The van der Waals surface area contributed by atoms with Gasteiger partial charge in [-0.3, -0.25) is 4.57 Å². The van der Waals surface area contributed by atoms with Gasteiger partial charge >= 0.3 is 0 Å². The van der Waals surface area contributed by atoms with Crippen LogP contribution < -0.4 is 9.30 Å². The number of rotatable bonds is 8. The van der Waals surface area contributed by atoms with Gasteiger partial charge in [-0.15, -0.1) is 29.7 Å². The number of pyridine rings is 1. The topological polar surface area (TPSA) is 35.9 Å². The number of imidazole rings is 1. The maximum Gasteiger partial charge on any atom is 0.268 e. The Balaban J connectivity index is 0.0000110. The smallest absolute Gasteiger partial charge is 0.268 e. The molecule has 76 heavy (non-hydrogen) atoms. The van der Waals surface area contributed by atoms with E-state index in [9.17, 15) is 12.3 Å². The molecule has 382 valence electrons. The Morgan fingerprint density at radius 2 is 1.30 bits per heavy atom. The fourth-order valence-electron chi connectivity index (χ4n) is 9.42. The summed E-state index contributed by atoms with van der Waals surface area (Å²) in [6.45, 7) is -6.50. The molecular weight excluding hydrogens is 1110 g/mol. The average molecular weight is 1200 g/mol. The number of fused-ring (bicyclic) bond motifs is 5. The number of hydrogen-bond donors (Lipinski definition) is 0. The molecule has 0 atom stereocenters. The first-order valence-corrected chi connectivity index (χ1v) is 24.0. The third kappa shape index (κ3) is 9.11. The third-order valence-corrected chi connectivity index (χ3v) is 13.3. The Kier molecular flexibility index (Phi) is 6.80. The maximum absolute atomic E-state index is 10.5. The van der Waals surface area contributed by atoms with E-state index < -0.39 is 174 Å². The molecule has 12 rings (SSSR count). The molecule has 1 aliphatic carbocycles. The van der Waals surface area contributed by atoms with Crippen molar-refractivity contribution in [1.82, 2.24) is 14.1 Å². The first-order valence-electron chi connectivity index (χ1n) is 38.5. The fraction of sp³-hybridized carbons (Fsp3) is 0.229. The molecule has 0 aliphatic heterocycles. The van der Waals surface area contributed by atoms with E-state index in [1.54, 1.807) is 45.2 Å². The molecule has 0 saturated heterocycles. The van der Waals surface area contributed by atoms with Crippen LogP contribution >= 0.6 is 0 Å². The molecule has 0 fully saturated rings. The van der Waals surface area contributed by atoms with E-state index in [4.69, 9.17) is 37.1 Å². The van der Waals surface area contributed by atoms with Gasteiger partial charge in [-0.2, -0.15) is 18.2 Å². The number of nitrogens with zero attached hydrogens (tertiary/aromatic N) is 4. The summed E-state index contributed by atoms with van der Waals surface area (Å²) in [7, 11) is 0. The van der Waals surface area contributed by atoms with Crippen LogP contribution in [0.4, 0.5) is 0 Å². The van der Waals surface area contributed by atoms with E-state index in [2.05, 4.69) is 39.2 Å². The zero-order valence-corrected chi connectivity index (χ0v) is 44.1. The summed E-state index contributed by atoms with van der Waals surface area (Å²) in [6, 6.07) is 20.9. The average Bonchev–Trinajstić information content (AvgIpc) is 1.31. The van der Waals surface area contributed by atoms with Gasteiger partial charge in [0.25, 0.3) is 6.33 Å². The molecule has 0 N–H and O–H groups in total. The molecule has 0 unspecified atom stereocenters. The van der Waals surface area contributed by atoms with Crippen LogP contribution in [0.5, 0.6) is 11.5 Å². The Morgan fingerprint density at radius 3 is 2.03 bits per heavy atom. The molecule has 1 aliphatic rings. The molecule has 11 aromatic rings. The normalized spacial score (nSPS) is 21.7. The minimum Gasteiger partial charge on any atom is -0.510 e. The van der Waals surface area contributed by atoms with Gasteiger partial charge in [0, 0.05) is 66.2 Å². The van der Waals surface area contributed by atoms with E-state index in [1.165, 1.54) is 45.5 Å². The number of ether oxygens (including phenoxy) is 1. The van der Waals surface area contributed by atoms with Crippen LogP contribution in [-0.4, -0.2) is 14.1 Å². The molecular formula is C70H64N4OPt-2. The Bertz CT molecular complexity index is 5370. The molecule has 0 radical (unpaired) electrons. The Morgan fingerprint density at radius 1 is 0.618 bits per heavy atom. The first-order chi connectivity index (χ1) is 47.9. The molecule has 0 bridgehead atoms. The van der Waals surface area contributed by atoms with Gasteiger partial charge in [0.15, 0.2) is 0 Å². The van der Waals surface area contributed by atoms with Crippen LogP contribution in [0, 0.1) is 18.5 Å². The van der Waals surface area contributed by atoms with Gasteiger partial charge in [0.2, 0.25) is 0 Å². The van der Waals surface area contributed by atoms with Crippen molar-refractivity contribution in [3.8, 4) is 62.1 Å². The minimum absolute atomic E-state index is 0. The summed E-state index contributed by atoms with van der Waals surface area (Å²) in [5.41, 5.74) is -15.0. The van der Waals surface area contributed by atoms with Crippen LogP contribution in [0.15, 0.2) is 182 Å². The standard InChI is InChI=1S/C70H64N4O.Pt/c1-67(2,3)50-34-37-71-65(42-50)74-61-27-18-17-26-55(61)56-31-30-54(44-63(56)74)75-53-25-19-24-52(43-53)72-45-73(62-33-29-48(39-64(62)72)46-20-13-11-14-21-46)66-57(47-22-15-12-16-23-47)40-51(68(4,5)6)41-58(66)49-28-32-59-60(38-49)70(9,10)36-35-69(59,7)8;/h11-34,37-42H,35-36H2,1-10H3;/q-2;/i7D3,8D3,9D3,10D3,11D,12D,13D,14D,15D,16D,20D,21D,22D,23D,28D,32D,35D2,36D2,38D;. The van der Waals surface area contributed by atoms with Gasteiger partial charge < -0.3 is 13.9 Å². The van der Waals surface area contributed by atoms with Gasteiger partial charge in [0.1, 0.15) is 5.82 Å². The zero-order valence-electron chi connectivity index (χ0n) is 70.8. The summed E-state index contributed by atoms with van der Waals surface area (Å²) in [5, 5.41) is 1.69. The monoisotopic (exact) mass is 1200 g/mol. The van der Waals surface area contributed by atoms with Crippen molar-refractivity contribution in [3.05, 3.63) is 223 Å². The Labute approximate surface area is 503 Å². The van der Waals surface area contributed by atoms with Crippen molar-refractivity contribution in [2.45, 2.75) is 103 Å². The van der Waals surface area contributed by atoms with Crippen LogP contribution in [0.25, 0.3) is 83.4 Å². The van der Waals surface area contributed by atoms with Crippen LogP contribution in [0.3, 0.4) is 0 Å².